The summed E-state index contributed by atoms with van der Waals surface area (Å²) in [7, 11) is 0. The second-order valence-corrected chi connectivity index (χ2v) is 4.17. The molecule has 2 rings (SSSR count). The largest absolute Gasteiger partial charge is 0.281 e. The van der Waals surface area contributed by atoms with Crippen LogP contribution in [-0.4, -0.2) is 16.0 Å². The van der Waals surface area contributed by atoms with E-state index in [-0.39, 0.29) is 5.69 Å². The molecule has 1 N–H and O–H groups in total. The number of nitro benzene ring substituents is 1. The molecule has 0 spiro atoms. The highest BCUT2D eigenvalue weighted by molar-refractivity contribution is 6.02. The van der Waals surface area contributed by atoms with Gasteiger partial charge in [0.1, 0.15) is 0 Å². The van der Waals surface area contributed by atoms with Crippen molar-refractivity contribution in [2.75, 3.05) is 5.06 Å². The molecule has 6 heteroatoms. The molecule has 0 aliphatic rings. The Bertz CT molecular complexity index is 666. The van der Waals surface area contributed by atoms with Gasteiger partial charge >= 0.3 is 0 Å². The maximum Gasteiger partial charge on any atom is 0.274 e. The molecule has 2 aromatic rings. The Morgan fingerprint density at radius 3 is 2.29 bits per heavy atom. The average molecular weight is 284 g/mol. The zero-order valence-electron chi connectivity index (χ0n) is 10.9. The number of para-hydroxylation sites is 1. The number of rotatable bonds is 4. The number of hydroxylamine groups is 1. The van der Waals surface area contributed by atoms with Crippen molar-refractivity contribution in [3.05, 3.63) is 76.4 Å². The quantitative estimate of drug-likeness (QED) is 0.405. The van der Waals surface area contributed by atoms with Crippen molar-refractivity contribution in [3.8, 4) is 0 Å². The van der Waals surface area contributed by atoms with Crippen molar-refractivity contribution in [1.29, 1.82) is 0 Å². The molecule has 0 aliphatic carbocycles. The minimum atomic E-state index is -0.612. The van der Waals surface area contributed by atoms with Gasteiger partial charge in [-0.25, -0.2) is 0 Å². The van der Waals surface area contributed by atoms with E-state index in [9.17, 15) is 20.1 Å². The van der Waals surface area contributed by atoms with Crippen LogP contribution in [0.3, 0.4) is 0 Å². The predicted molar refractivity (Wildman–Crippen MR) is 77.8 cm³/mol. The smallest absolute Gasteiger partial charge is 0.274 e. The number of amides is 1. The lowest BCUT2D eigenvalue weighted by Crippen LogP contribution is -2.24. The minimum absolute atomic E-state index is 0.0217. The summed E-state index contributed by atoms with van der Waals surface area (Å²) in [5.41, 5.74) is 0.956. The lowest BCUT2D eigenvalue weighted by molar-refractivity contribution is -0.384. The monoisotopic (exact) mass is 284 g/mol. The van der Waals surface area contributed by atoms with Gasteiger partial charge in [0, 0.05) is 18.2 Å². The van der Waals surface area contributed by atoms with Gasteiger partial charge in [-0.2, -0.15) is 5.06 Å². The van der Waals surface area contributed by atoms with Gasteiger partial charge in [-0.3, -0.25) is 20.1 Å². The average Bonchev–Trinajstić information content (AvgIpc) is 2.53. The van der Waals surface area contributed by atoms with Crippen LogP contribution >= 0.6 is 0 Å². The molecule has 106 valence electrons. The van der Waals surface area contributed by atoms with Gasteiger partial charge in [0.25, 0.3) is 11.6 Å². The Morgan fingerprint density at radius 2 is 1.71 bits per heavy atom. The first-order valence-corrected chi connectivity index (χ1v) is 6.08. The molecule has 0 aromatic heterocycles. The summed E-state index contributed by atoms with van der Waals surface area (Å²) in [5.74, 6) is -0.612. The van der Waals surface area contributed by atoms with Crippen LogP contribution in [-0.2, 0) is 4.79 Å². The van der Waals surface area contributed by atoms with E-state index in [0.717, 1.165) is 0 Å². The van der Waals surface area contributed by atoms with E-state index < -0.39 is 10.8 Å². The van der Waals surface area contributed by atoms with Crippen molar-refractivity contribution in [1.82, 2.24) is 0 Å². The molecule has 0 fully saturated rings. The molecule has 0 heterocycles. The summed E-state index contributed by atoms with van der Waals surface area (Å²) < 4.78 is 0. The van der Waals surface area contributed by atoms with Gasteiger partial charge in [0.05, 0.1) is 10.6 Å². The van der Waals surface area contributed by atoms with Crippen molar-refractivity contribution >= 4 is 23.4 Å². The number of non-ortho nitro benzene ring substituents is 1. The first-order valence-electron chi connectivity index (χ1n) is 6.08. The van der Waals surface area contributed by atoms with E-state index >= 15 is 0 Å². The van der Waals surface area contributed by atoms with Gasteiger partial charge in [0.2, 0.25) is 0 Å². The van der Waals surface area contributed by atoms with Crippen LogP contribution in [0.5, 0.6) is 0 Å². The molecular formula is C15H12N2O4. The van der Waals surface area contributed by atoms with Crippen molar-refractivity contribution in [2.45, 2.75) is 0 Å². The molecule has 0 unspecified atom stereocenters. The van der Waals surface area contributed by atoms with Crippen LogP contribution in [0.4, 0.5) is 11.4 Å². The predicted octanol–water partition coefficient (Wildman–Crippen LogP) is 3.03. The van der Waals surface area contributed by atoms with Gasteiger partial charge in [-0.15, -0.1) is 0 Å². The Kier molecular flexibility index (Phi) is 4.43. The number of carbonyl (C=O) groups excluding carboxylic acids is 1. The van der Waals surface area contributed by atoms with E-state index in [0.29, 0.717) is 16.3 Å². The van der Waals surface area contributed by atoms with Crippen LogP contribution in [0.15, 0.2) is 60.7 Å². The van der Waals surface area contributed by atoms with E-state index in [2.05, 4.69) is 0 Å². The number of hydrogen-bond acceptors (Lipinski definition) is 4. The summed E-state index contributed by atoms with van der Waals surface area (Å²) in [4.78, 5) is 21.8. The highest BCUT2D eigenvalue weighted by Gasteiger charge is 2.09. The van der Waals surface area contributed by atoms with Gasteiger partial charge in [-0.1, -0.05) is 18.2 Å². The summed E-state index contributed by atoms with van der Waals surface area (Å²) in [6.07, 6.45) is 2.66. The highest BCUT2D eigenvalue weighted by atomic mass is 16.6. The molecular weight excluding hydrogens is 272 g/mol. The SMILES string of the molecule is O=C(C=Cc1ccc([N+](=O)[O-])cc1)N(O)c1ccccc1. The normalized spacial score (nSPS) is 10.5. The van der Waals surface area contributed by atoms with Crippen LogP contribution in [0.2, 0.25) is 0 Å². The third-order valence-corrected chi connectivity index (χ3v) is 2.73. The number of benzene rings is 2. The summed E-state index contributed by atoms with van der Waals surface area (Å²) in [6, 6.07) is 14.1. The Labute approximate surface area is 120 Å². The van der Waals surface area contributed by atoms with E-state index in [4.69, 9.17) is 0 Å². The van der Waals surface area contributed by atoms with Crippen molar-refractivity contribution < 1.29 is 14.9 Å². The lowest BCUT2D eigenvalue weighted by Gasteiger charge is -2.12. The van der Waals surface area contributed by atoms with Gasteiger partial charge in [-0.05, 0) is 35.9 Å². The fourth-order valence-corrected chi connectivity index (χ4v) is 1.64. The standard InChI is InChI=1S/C15H12N2O4/c18-15(16(19)13-4-2-1-3-5-13)11-8-12-6-9-14(10-7-12)17(20)21/h1-11,19H. The zero-order chi connectivity index (χ0) is 15.2. The second kappa shape index (κ2) is 6.44. The van der Waals surface area contributed by atoms with E-state index in [1.165, 1.54) is 36.4 Å². The fraction of sp³-hybridized carbons (Fsp3) is 0. The first-order chi connectivity index (χ1) is 10.1. The maximum absolute atomic E-state index is 11.8. The first kappa shape index (κ1) is 14.4. The van der Waals surface area contributed by atoms with Crippen molar-refractivity contribution in [3.63, 3.8) is 0 Å². The number of carbonyl (C=O) groups is 1. The number of nitro groups is 1. The summed E-state index contributed by atoms with van der Waals surface area (Å²) >= 11 is 0. The highest BCUT2D eigenvalue weighted by Crippen LogP contribution is 2.14. The number of anilines is 1. The molecule has 21 heavy (non-hydrogen) atoms. The molecule has 0 bridgehead atoms. The molecule has 2 aromatic carbocycles. The zero-order valence-corrected chi connectivity index (χ0v) is 10.9. The van der Waals surface area contributed by atoms with Crippen molar-refractivity contribution in [2.24, 2.45) is 0 Å². The van der Waals surface area contributed by atoms with Crippen LogP contribution < -0.4 is 5.06 Å². The third kappa shape index (κ3) is 3.74. The Hall–Kier alpha value is -2.99. The number of hydrogen-bond donors (Lipinski definition) is 1. The molecule has 6 nitrogen and oxygen atoms in total. The number of nitrogens with zero attached hydrogens (tertiary/aromatic N) is 2. The molecule has 0 saturated heterocycles. The molecule has 0 saturated carbocycles. The minimum Gasteiger partial charge on any atom is -0.281 e. The Balaban J connectivity index is 2.06. The van der Waals surface area contributed by atoms with Crippen LogP contribution in [0.25, 0.3) is 6.08 Å². The van der Waals surface area contributed by atoms with Crippen LogP contribution in [0, 0.1) is 10.1 Å². The molecule has 1 amide bonds. The topological polar surface area (TPSA) is 83.7 Å². The van der Waals surface area contributed by atoms with E-state index in [1.807, 2.05) is 0 Å². The molecule has 0 atom stereocenters. The Morgan fingerprint density at radius 1 is 1.10 bits per heavy atom. The lowest BCUT2D eigenvalue weighted by atomic mass is 10.2. The second-order valence-electron chi connectivity index (χ2n) is 4.17. The van der Waals surface area contributed by atoms with Gasteiger partial charge in [0.15, 0.2) is 0 Å². The molecule has 0 aliphatic heterocycles. The summed E-state index contributed by atoms with van der Waals surface area (Å²) in [6.45, 7) is 0. The summed E-state index contributed by atoms with van der Waals surface area (Å²) in [5, 5.41) is 20.8. The maximum atomic E-state index is 11.8. The third-order valence-electron chi connectivity index (χ3n) is 2.73. The van der Waals surface area contributed by atoms with E-state index in [1.54, 1.807) is 30.3 Å². The van der Waals surface area contributed by atoms with Gasteiger partial charge < -0.3 is 0 Å². The fourth-order valence-electron chi connectivity index (χ4n) is 1.64. The molecule has 0 radical (unpaired) electrons. The van der Waals surface area contributed by atoms with Crippen LogP contribution in [0.1, 0.15) is 5.56 Å².